The highest BCUT2D eigenvalue weighted by atomic mass is 35.5. The molecule has 0 saturated carbocycles. The zero-order valence-corrected chi connectivity index (χ0v) is 7.29. The Morgan fingerprint density at radius 2 is 2.00 bits per heavy atom. The van der Waals surface area contributed by atoms with Crippen LogP contribution in [0.3, 0.4) is 0 Å². The van der Waals surface area contributed by atoms with Crippen molar-refractivity contribution in [2.24, 2.45) is 0 Å². The number of carbonyl (C=O) groups is 1. The molecular formula is C6H14ClNO2. The summed E-state index contributed by atoms with van der Waals surface area (Å²) in [5.74, 6) is -0.769. The summed E-state index contributed by atoms with van der Waals surface area (Å²) in [5, 5.41) is 11.2. The molecule has 0 aliphatic heterocycles. The van der Waals surface area contributed by atoms with Gasteiger partial charge in [-0.2, -0.15) is 0 Å². The first kappa shape index (κ1) is 12.4. The van der Waals surface area contributed by atoms with Crippen LogP contribution in [-0.2, 0) is 4.79 Å². The van der Waals surface area contributed by atoms with Crippen LogP contribution in [0.15, 0.2) is 0 Å². The lowest BCUT2D eigenvalue weighted by Gasteiger charge is -2.20. The molecule has 0 aliphatic carbocycles. The van der Waals surface area contributed by atoms with Crippen molar-refractivity contribution in [3.8, 4) is 0 Å². The highest BCUT2D eigenvalue weighted by Crippen LogP contribution is 2.05. The molecule has 2 N–H and O–H groups in total. The summed E-state index contributed by atoms with van der Waals surface area (Å²) in [6, 6.07) is 0. The fourth-order valence-corrected chi connectivity index (χ4v) is 0.466. The first-order chi connectivity index (χ1) is 3.98. The Labute approximate surface area is 67.2 Å². The fourth-order valence-electron chi connectivity index (χ4n) is 0.466. The normalized spacial score (nSPS) is 10.3. The van der Waals surface area contributed by atoms with E-state index >= 15 is 0 Å². The van der Waals surface area contributed by atoms with Crippen molar-refractivity contribution in [2.45, 2.75) is 25.8 Å². The smallest absolute Gasteiger partial charge is 0.305 e. The van der Waals surface area contributed by atoms with E-state index in [1.54, 1.807) is 7.05 Å². The van der Waals surface area contributed by atoms with Gasteiger partial charge in [0.15, 0.2) is 0 Å². The third-order valence-electron chi connectivity index (χ3n) is 1.27. The molecule has 0 heterocycles. The molecule has 0 atom stereocenters. The van der Waals surface area contributed by atoms with Gasteiger partial charge in [0.2, 0.25) is 0 Å². The van der Waals surface area contributed by atoms with Gasteiger partial charge in [-0.25, -0.2) is 0 Å². The zero-order chi connectivity index (χ0) is 7.49. The van der Waals surface area contributed by atoms with Crippen molar-refractivity contribution >= 4 is 18.4 Å². The van der Waals surface area contributed by atoms with Crippen LogP contribution in [0.5, 0.6) is 0 Å². The Morgan fingerprint density at radius 3 is 2.10 bits per heavy atom. The Bertz CT molecular complexity index is 114. The summed E-state index contributed by atoms with van der Waals surface area (Å²) >= 11 is 0. The van der Waals surface area contributed by atoms with Crippen LogP contribution in [0.2, 0.25) is 0 Å². The number of hydrogen-bond acceptors (Lipinski definition) is 2. The lowest BCUT2D eigenvalue weighted by atomic mass is 10.0. The van der Waals surface area contributed by atoms with Gasteiger partial charge in [0.1, 0.15) is 0 Å². The minimum absolute atomic E-state index is 0. The molecule has 0 radical (unpaired) electrons. The van der Waals surface area contributed by atoms with E-state index < -0.39 is 5.97 Å². The van der Waals surface area contributed by atoms with Gasteiger partial charge in [0.25, 0.3) is 0 Å². The Kier molecular flexibility index (Phi) is 5.61. The number of aliphatic carboxylic acids is 1. The van der Waals surface area contributed by atoms with E-state index in [0.717, 1.165) is 0 Å². The molecule has 0 bridgehead atoms. The third-order valence-corrected chi connectivity index (χ3v) is 1.27. The van der Waals surface area contributed by atoms with Gasteiger partial charge in [-0.15, -0.1) is 12.4 Å². The van der Waals surface area contributed by atoms with E-state index in [4.69, 9.17) is 5.11 Å². The van der Waals surface area contributed by atoms with Crippen LogP contribution in [0.4, 0.5) is 0 Å². The van der Waals surface area contributed by atoms with Gasteiger partial charge in [0.05, 0.1) is 6.42 Å². The highest BCUT2D eigenvalue weighted by Gasteiger charge is 2.17. The molecule has 0 saturated heterocycles. The second-order valence-electron chi connectivity index (χ2n) is 2.70. The SMILES string of the molecule is CNC(C)(C)CC(=O)O.Cl. The lowest BCUT2D eigenvalue weighted by Crippen LogP contribution is -2.38. The van der Waals surface area contributed by atoms with Crippen molar-refractivity contribution in [3.05, 3.63) is 0 Å². The molecule has 0 aliphatic rings. The Morgan fingerprint density at radius 1 is 1.60 bits per heavy atom. The summed E-state index contributed by atoms with van der Waals surface area (Å²) in [7, 11) is 1.75. The van der Waals surface area contributed by atoms with Gasteiger partial charge in [0, 0.05) is 5.54 Å². The van der Waals surface area contributed by atoms with Crippen molar-refractivity contribution in [2.75, 3.05) is 7.05 Å². The van der Waals surface area contributed by atoms with E-state index in [9.17, 15) is 4.79 Å². The molecule has 62 valence electrons. The summed E-state index contributed by atoms with van der Waals surface area (Å²) < 4.78 is 0. The quantitative estimate of drug-likeness (QED) is 0.656. The largest absolute Gasteiger partial charge is 0.481 e. The number of carboxylic acid groups (broad SMARTS) is 1. The number of nitrogens with one attached hydrogen (secondary N) is 1. The molecule has 0 amide bonds. The van der Waals surface area contributed by atoms with Crippen LogP contribution in [0.1, 0.15) is 20.3 Å². The molecule has 0 unspecified atom stereocenters. The topological polar surface area (TPSA) is 49.3 Å². The first-order valence-corrected chi connectivity index (χ1v) is 2.88. The lowest BCUT2D eigenvalue weighted by molar-refractivity contribution is -0.138. The molecule has 0 rings (SSSR count). The maximum absolute atomic E-state index is 10.1. The third kappa shape index (κ3) is 5.85. The van der Waals surface area contributed by atoms with E-state index in [-0.39, 0.29) is 24.4 Å². The second-order valence-corrected chi connectivity index (χ2v) is 2.70. The minimum atomic E-state index is -0.769. The Balaban J connectivity index is 0. The summed E-state index contributed by atoms with van der Waals surface area (Å²) in [6.07, 6.45) is 0.156. The standard InChI is InChI=1S/C6H13NO2.ClH/c1-6(2,7-3)4-5(8)9;/h7H,4H2,1-3H3,(H,8,9);1H. The Hall–Kier alpha value is -0.280. The van der Waals surface area contributed by atoms with Crippen LogP contribution in [-0.4, -0.2) is 23.7 Å². The van der Waals surface area contributed by atoms with Gasteiger partial charge >= 0.3 is 5.97 Å². The first-order valence-electron chi connectivity index (χ1n) is 2.88. The van der Waals surface area contributed by atoms with Gasteiger partial charge in [-0.1, -0.05) is 0 Å². The summed E-state index contributed by atoms with van der Waals surface area (Å²) in [6.45, 7) is 3.70. The minimum Gasteiger partial charge on any atom is -0.481 e. The van der Waals surface area contributed by atoms with E-state index in [2.05, 4.69) is 5.32 Å². The monoisotopic (exact) mass is 167 g/mol. The molecule has 0 aromatic carbocycles. The number of halogens is 1. The number of carboxylic acids is 1. The molecular weight excluding hydrogens is 154 g/mol. The molecule has 4 heteroatoms. The molecule has 10 heavy (non-hydrogen) atoms. The molecule has 0 aromatic heterocycles. The van der Waals surface area contributed by atoms with Crippen molar-refractivity contribution in [1.82, 2.24) is 5.32 Å². The van der Waals surface area contributed by atoms with Crippen molar-refractivity contribution in [1.29, 1.82) is 0 Å². The fraction of sp³-hybridized carbons (Fsp3) is 0.833. The van der Waals surface area contributed by atoms with Gasteiger partial charge < -0.3 is 10.4 Å². The average Bonchev–Trinajstić information content (AvgIpc) is 1.63. The average molecular weight is 168 g/mol. The van der Waals surface area contributed by atoms with Crippen LogP contribution >= 0.6 is 12.4 Å². The highest BCUT2D eigenvalue weighted by molar-refractivity contribution is 5.85. The summed E-state index contributed by atoms with van der Waals surface area (Å²) in [5.41, 5.74) is -0.286. The van der Waals surface area contributed by atoms with Crippen LogP contribution in [0, 0.1) is 0 Å². The predicted octanol–water partition coefficient (Wildman–Crippen LogP) is 0.881. The van der Waals surface area contributed by atoms with E-state index in [1.165, 1.54) is 0 Å². The van der Waals surface area contributed by atoms with Crippen LogP contribution in [0.25, 0.3) is 0 Å². The van der Waals surface area contributed by atoms with Crippen LogP contribution < -0.4 is 5.32 Å². The molecule has 0 fully saturated rings. The maximum atomic E-state index is 10.1. The second kappa shape index (κ2) is 4.52. The summed E-state index contributed by atoms with van der Waals surface area (Å²) in [4.78, 5) is 10.1. The molecule has 0 aromatic rings. The van der Waals surface area contributed by atoms with Crippen molar-refractivity contribution in [3.63, 3.8) is 0 Å². The molecule has 0 spiro atoms. The van der Waals surface area contributed by atoms with Gasteiger partial charge in [-0.3, -0.25) is 4.79 Å². The van der Waals surface area contributed by atoms with E-state index in [0.29, 0.717) is 0 Å². The van der Waals surface area contributed by atoms with E-state index in [1.807, 2.05) is 13.8 Å². The number of rotatable bonds is 3. The predicted molar refractivity (Wildman–Crippen MR) is 42.6 cm³/mol. The zero-order valence-electron chi connectivity index (χ0n) is 6.47. The van der Waals surface area contributed by atoms with Crippen molar-refractivity contribution < 1.29 is 9.90 Å². The maximum Gasteiger partial charge on any atom is 0.305 e. The van der Waals surface area contributed by atoms with Gasteiger partial charge in [-0.05, 0) is 20.9 Å². The molecule has 3 nitrogen and oxygen atoms in total. The number of hydrogen-bond donors (Lipinski definition) is 2.